The van der Waals surface area contributed by atoms with Gasteiger partial charge in [0.05, 0.1) is 36.5 Å². The number of carbonyl (C=O) groups excluding carboxylic acids is 2. The third-order valence-corrected chi connectivity index (χ3v) is 9.64. The molecule has 9 nitrogen and oxygen atoms in total. The van der Waals surface area contributed by atoms with Gasteiger partial charge in [-0.25, -0.2) is 0 Å². The fraction of sp³-hybridized carbons (Fsp3) is 0.289. The van der Waals surface area contributed by atoms with Gasteiger partial charge in [0, 0.05) is 72.2 Å². The molecule has 1 saturated heterocycles. The number of ether oxygens (including phenoxy) is 1. The number of benzene rings is 4. The summed E-state index contributed by atoms with van der Waals surface area (Å²) in [5.41, 5.74) is 7.68. The van der Waals surface area contributed by atoms with Gasteiger partial charge in [0.15, 0.2) is 0 Å². The maximum atomic E-state index is 11.5. The first-order valence-electron chi connectivity index (χ1n) is 16.3. The number of aldehydes is 1. The van der Waals surface area contributed by atoms with Gasteiger partial charge >= 0.3 is 0 Å². The maximum absolute atomic E-state index is 11.5. The highest BCUT2D eigenvalue weighted by Gasteiger charge is 2.20. The number of hydrogen-bond acceptors (Lipinski definition) is 7. The van der Waals surface area contributed by atoms with Gasteiger partial charge in [0.1, 0.15) is 12.0 Å². The lowest BCUT2D eigenvalue weighted by atomic mass is 9.96. The number of aliphatic hydroxyl groups excluding tert-OH is 1. The lowest BCUT2D eigenvalue weighted by molar-refractivity contribution is -0.119. The van der Waals surface area contributed by atoms with Gasteiger partial charge in [-0.2, -0.15) is 5.10 Å². The van der Waals surface area contributed by atoms with Gasteiger partial charge in [0.2, 0.25) is 5.91 Å². The molecule has 4 aromatic carbocycles. The molecule has 0 saturated carbocycles. The van der Waals surface area contributed by atoms with E-state index in [4.69, 9.17) is 33.0 Å². The number of hydrogen-bond donors (Lipinski definition) is 4. The van der Waals surface area contributed by atoms with Crippen LogP contribution < -0.4 is 20.7 Å². The molecule has 1 aliphatic heterocycles. The molecule has 1 aliphatic rings. The molecule has 11 heteroatoms. The Bertz CT molecular complexity index is 1950. The predicted molar refractivity (Wildman–Crippen MR) is 194 cm³/mol. The number of methoxy groups -OCH3 is 1. The van der Waals surface area contributed by atoms with Crippen molar-refractivity contribution in [2.24, 2.45) is 0 Å². The average molecular weight is 701 g/mol. The summed E-state index contributed by atoms with van der Waals surface area (Å²) in [5, 5.41) is 26.4. The summed E-state index contributed by atoms with van der Waals surface area (Å²) < 4.78 is 7.57. The van der Waals surface area contributed by atoms with Crippen LogP contribution in [0.25, 0.3) is 33.2 Å². The fourth-order valence-electron chi connectivity index (χ4n) is 6.27. The first-order chi connectivity index (χ1) is 23.8. The second-order valence-corrected chi connectivity index (χ2v) is 13.1. The number of carbonyl (C=O) groups is 2. The van der Waals surface area contributed by atoms with Crippen molar-refractivity contribution in [1.29, 1.82) is 0 Å². The number of halogens is 2. The molecule has 2 heterocycles. The van der Waals surface area contributed by atoms with Gasteiger partial charge in [-0.3, -0.25) is 9.48 Å². The Balaban J connectivity index is 1.18. The molecule has 1 fully saturated rings. The summed E-state index contributed by atoms with van der Waals surface area (Å²) in [7, 11) is 1.61. The Labute approximate surface area is 295 Å². The van der Waals surface area contributed by atoms with Crippen molar-refractivity contribution < 1.29 is 19.4 Å². The van der Waals surface area contributed by atoms with Crippen molar-refractivity contribution in [3.63, 3.8) is 0 Å². The van der Waals surface area contributed by atoms with E-state index in [1.165, 1.54) is 0 Å². The molecular weight excluding hydrogens is 661 g/mol. The van der Waals surface area contributed by atoms with Crippen LogP contribution in [0.15, 0.2) is 79.0 Å². The molecule has 1 amide bonds. The van der Waals surface area contributed by atoms with Gasteiger partial charge in [-0.05, 0) is 46.9 Å². The van der Waals surface area contributed by atoms with E-state index in [9.17, 15) is 14.7 Å². The molecule has 254 valence electrons. The number of aromatic nitrogens is 2. The molecule has 0 spiro atoms. The van der Waals surface area contributed by atoms with E-state index in [0.717, 1.165) is 69.4 Å². The lowest BCUT2D eigenvalue weighted by Crippen LogP contribution is -2.35. The maximum Gasteiger partial charge on any atom is 0.220 e. The summed E-state index contributed by atoms with van der Waals surface area (Å²) in [6.07, 6.45) is 3.39. The van der Waals surface area contributed by atoms with Crippen molar-refractivity contribution in [1.82, 2.24) is 25.7 Å². The Morgan fingerprint density at radius 1 is 1.02 bits per heavy atom. The molecule has 2 atom stereocenters. The van der Waals surface area contributed by atoms with Crippen molar-refractivity contribution >= 4 is 46.3 Å². The molecule has 0 bridgehead atoms. The van der Waals surface area contributed by atoms with Crippen molar-refractivity contribution in [2.45, 2.75) is 51.0 Å². The number of nitrogens with one attached hydrogen (secondary N) is 3. The van der Waals surface area contributed by atoms with Crippen molar-refractivity contribution in [2.75, 3.05) is 20.2 Å². The lowest BCUT2D eigenvalue weighted by Gasteiger charge is -2.15. The number of fused-ring (bicyclic) bond motifs is 1. The Kier molecular flexibility index (Phi) is 11.3. The van der Waals surface area contributed by atoms with Crippen LogP contribution in [0, 0.1) is 0 Å². The van der Waals surface area contributed by atoms with Gasteiger partial charge < -0.3 is 30.6 Å². The summed E-state index contributed by atoms with van der Waals surface area (Å²) in [6.45, 7) is 2.62. The third-order valence-electron chi connectivity index (χ3n) is 8.88. The number of nitrogens with zero attached hydrogens (tertiary/aromatic N) is 2. The van der Waals surface area contributed by atoms with Crippen LogP contribution in [0.1, 0.15) is 36.0 Å². The fourth-order valence-corrected chi connectivity index (χ4v) is 6.85. The second-order valence-electron chi connectivity index (χ2n) is 12.3. The summed E-state index contributed by atoms with van der Waals surface area (Å²) >= 11 is 13.9. The highest BCUT2D eigenvalue weighted by atomic mass is 35.5. The molecule has 0 radical (unpaired) electrons. The third kappa shape index (κ3) is 8.15. The Morgan fingerprint density at radius 3 is 2.55 bits per heavy atom. The largest absolute Gasteiger partial charge is 0.496 e. The number of amides is 1. The molecule has 1 aromatic heterocycles. The standard InChI is InChI=1S/C38H39Cl2N5O4/c1-49-36-17-27(34(39)16-26(36)19-42-21-29(47)14-15-46)23-45-35-7-3-5-31(33(35)22-43-45)32-6-2-4-30(38(32)40)25-10-8-24(9-11-25)18-41-20-28-12-13-37(48)44-28/h2-11,15-17,22,28-29,41-42,47H,12-14,18-21,23H2,1H3,(H,44,48). The van der Waals surface area contributed by atoms with Crippen LogP contribution in [-0.2, 0) is 29.2 Å². The normalized spacial score (nSPS) is 15.0. The molecule has 2 unspecified atom stereocenters. The van der Waals surface area contributed by atoms with Gasteiger partial charge in [-0.1, -0.05) is 77.8 Å². The first kappa shape index (κ1) is 34.6. The topological polar surface area (TPSA) is 118 Å². The highest BCUT2D eigenvalue weighted by Crippen LogP contribution is 2.39. The zero-order valence-corrected chi connectivity index (χ0v) is 28.7. The van der Waals surface area contributed by atoms with Crippen LogP contribution in [0.4, 0.5) is 0 Å². The van der Waals surface area contributed by atoms with Crippen LogP contribution in [0.2, 0.25) is 10.0 Å². The average Bonchev–Trinajstić information content (AvgIpc) is 3.72. The smallest absolute Gasteiger partial charge is 0.220 e. The molecule has 0 aliphatic carbocycles. The van der Waals surface area contributed by atoms with E-state index in [2.05, 4.69) is 46.3 Å². The van der Waals surface area contributed by atoms with Crippen LogP contribution >= 0.6 is 23.2 Å². The number of aliphatic hydroxyl groups is 1. The van der Waals surface area contributed by atoms with E-state index >= 15 is 0 Å². The Morgan fingerprint density at radius 2 is 1.80 bits per heavy atom. The molecule has 49 heavy (non-hydrogen) atoms. The van der Waals surface area contributed by atoms with E-state index in [0.29, 0.717) is 41.6 Å². The predicted octanol–water partition coefficient (Wildman–Crippen LogP) is 6.14. The summed E-state index contributed by atoms with van der Waals surface area (Å²) in [4.78, 5) is 22.1. The summed E-state index contributed by atoms with van der Waals surface area (Å²) in [6, 6.07) is 24.6. The molecule has 4 N–H and O–H groups in total. The minimum Gasteiger partial charge on any atom is -0.496 e. The van der Waals surface area contributed by atoms with Crippen molar-refractivity contribution in [3.05, 3.63) is 106 Å². The Hall–Kier alpha value is -4.25. The first-order valence-corrected chi connectivity index (χ1v) is 17.1. The van der Waals surface area contributed by atoms with Crippen LogP contribution in [0.3, 0.4) is 0 Å². The van der Waals surface area contributed by atoms with Crippen LogP contribution in [-0.4, -0.2) is 59.4 Å². The van der Waals surface area contributed by atoms with Gasteiger partial charge in [-0.15, -0.1) is 0 Å². The SMILES string of the molecule is COc1cc(Cn2ncc3c(-c4cccc(-c5ccc(CNCC6CCC(=O)N6)cc5)c4Cl)cccc32)c(Cl)cc1CNCC(O)CC=O. The minimum atomic E-state index is -0.743. The molecular formula is C38H39Cl2N5O4. The molecule has 5 aromatic rings. The quantitative estimate of drug-likeness (QED) is 0.0970. The van der Waals surface area contributed by atoms with E-state index in [1.54, 1.807) is 7.11 Å². The van der Waals surface area contributed by atoms with E-state index in [1.807, 2.05) is 53.3 Å². The van der Waals surface area contributed by atoms with Gasteiger partial charge in [0.25, 0.3) is 0 Å². The zero-order valence-electron chi connectivity index (χ0n) is 27.2. The van der Waals surface area contributed by atoms with Crippen LogP contribution in [0.5, 0.6) is 5.75 Å². The number of rotatable bonds is 15. The minimum absolute atomic E-state index is 0.0817. The monoisotopic (exact) mass is 699 g/mol. The van der Waals surface area contributed by atoms with E-state index in [-0.39, 0.29) is 24.9 Å². The molecule has 6 rings (SSSR count). The summed E-state index contributed by atoms with van der Waals surface area (Å²) in [5.74, 6) is 0.797. The van der Waals surface area contributed by atoms with Crippen molar-refractivity contribution in [3.8, 4) is 28.0 Å². The second kappa shape index (κ2) is 16.0. The zero-order chi connectivity index (χ0) is 34.3. The van der Waals surface area contributed by atoms with E-state index < -0.39 is 6.10 Å². The highest BCUT2D eigenvalue weighted by molar-refractivity contribution is 6.36.